The maximum Gasteiger partial charge on any atom is 0.343 e. The molecule has 0 spiro atoms. The number of hydrogen-bond donors (Lipinski definition) is 0. The Kier molecular flexibility index (Phi) is 5.48. The van der Waals surface area contributed by atoms with Crippen LogP contribution in [0.5, 0.6) is 0 Å². The number of esters is 1. The van der Waals surface area contributed by atoms with Crippen LogP contribution in [0.2, 0.25) is 0 Å². The molecule has 3 rings (SSSR count). The molecule has 1 aliphatic heterocycles. The van der Waals surface area contributed by atoms with E-state index in [1.165, 1.54) is 0 Å². The van der Waals surface area contributed by atoms with Gasteiger partial charge in [-0.25, -0.2) is 4.79 Å². The van der Waals surface area contributed by atoms with Crippen LogP contribution >= 0.6 is 0 Å². The topological polar surface area (TPSA) is 61.5 Å². The highest BCUT2D eigenvalue weighted by molar-refractivity contribution is 5.92. The van der Waals surface area contributed by atoms with Crippen molar-refractivity contribution in [1.82, 2.24) is 19.2 Å². The minimum atomic E-state index is -0.370. The third-order valence-electron chi connectivity index (χ3n) is 4.91. The molecule has 0 N–H and O–H groups in total. The molecular formula is C19H28N4O3. The summed E-state index contributed by atoms with van der Waals surface area (Å²) < 4.78 is 15.0. The highest BCUT2D eigenvalue weighted by atomic mass is 16.6. The summed E-state index contributed by atoms with van der Waals surface area (Å²) in [4.78, 5) is 15.0. The molecule has 7 heteroatoms. The second-order valence-corrected chi connectivity index (χ2v) is 7.14. The van der Waals surface area contributed by atoms with Crippen LogP contribution in [-0.2, 0) is 16.5 Å². The van der Waals surface area contributed by atoms with Crippen molar-refractivity contribution in [3.05, 3.63) is 35.3 Å². The lowest BCUT2D eigenvalue weighted by molar-refractivity contribution is -0.0662. The third-order valence-corrected chi connectivity index (χ3v) is 4.91. The lowest BCUT2D eigenvalue weighted by Gasteiger charge is -2.35. The molecule has 3 heterocycles. The maximum absolute atomic E-state index is 12.7. The van der Waals surface area contributed by atoms with Crippen LogP contribution in [0.1, 0.15) is 35.6 Å². The second kappa shape index (κ2) is 7.63. The first kappa shape index (κ1) is 18.7. The Morgan fingerprint density at radius 3 is 2.69 bits per heavy atom. The van der Waals surface area contributed by atoms with E-state index in [0.29, 0.717) is 18.2 Å². The molecule has 0 bridgehead atoms. The molecule has 2 aromatic heterocycles. The van der Waals surface area contributed by atoms with Crippen molar-refractivity contribution in [1.29, 1.82) is 0 Å². The Bertz CT molecular complexity index is 758. The lowest BCUT2D eigenvalue weighted by atomic mass is 10.2. The summed E-state index contributed by atoms with van der Waals surface area (Å²) in [6, 6.07) is 4.50. The number of rotatable bonds is 5. The summed E-state index contributed by atoms with van der Waals surface area (Å²) in [5.41, 5.74) is 2.55. The molecule has 0 aliphatic carbocycles. The van der Waals surface area contributed by atoms with E-state index in [-0.39, 0.29) is 18.7 Å². The van der Waals surface area contributed by atoms with E-state index < -0.39 is 0 Å². The first-order valence-electron chi connectivity index (χ1n) is 9.08. The van der Waals surface area contributed by atoms with Gasteiger partial charge >= 0.3 is 5.97 Å². The summed E-state index contributed by atoms with van der Waals surface area (Å²) in [5, 5.41) is 4.26. The Morgan fingerprint density at radius 2 is 2.04 bits per heavy atom. The van der Waals surface area contributed by atoms with Crippen molar-refractivity contribution in [2.24, 2.45) is 7.05 Å². The average molecular weight is 360 g/mol. The SMILES string of the molecule is Cc1ccc(C)n1-c1c(C(=O)OC[C@@H]2CN(C(C)C)CCO2)cnn1C. The van der Waals surface area contributed by atoms with E-state index in [4.69, 9.17) is 9.47 Å². The van der Waals surface area contributed by atoms with Crippen molar-refractivity contribution >= 4 is 5.97 Å². The number of aromatic nitrogens is 3. The summed E-state index contributed by atoms with van der Waals surface area (Å²) in [6.45, 7) is 11.0. The van der Waals surface area contributed by atoms with Gasteiger partial charge in [-0.3, -0.25) is 9.58 Å². The van der Waals surface area contributed by atoms with E-state index in [2.05, 4.69) is 23.8 Å². The van der Waals surface area contributed by atoms with Gasteiger partial charge in [0.05, 0.1) is 12.8 Å². The first-order valence-corrected chi connectivity index (χ1v) is 9.08. The number of carbonyl (C=O) groups is 1. The van der Waals surface area contributed by atoms with Gasteiger partial charge in [-0.15, -0.1) is 0 Å². The Morgan fingerprint density at radius 1 is 1.35 bits per heavy atom. The second-order valence-electron chi connectivity index (χ2n) is 7.14. The fourth-order valence-corrected chi connectivity index (χ4v) is 3.40. The van der Waals surface area contributed by atoms with Gasteiger partial charge in [0.25, 0.3) is 0 Å². The first-order chi connectivity index (χ1) is 12.4. The van der Waals surface area contributed by atoms with E-state index in [1.807, 2.05) is 37.6 Å². The zero-order chi connectivity index (χ0) is 18.8. The van der Waals surface area contributed by atoms with Crippen molar-refractivity contribution in [3.63, 3.8) is 0 Å². The Labute approximate surface area is 154 Å². The van der Waals surface area contributed by atoms with Crippen LogP contribution in [0.25, 0.3) is 5.82 Å². The molecular weight excluding hydrogens is 332 g/mol. The van der Waals surface area contributed by atoms with Crippen LogP contribution in [0.15, 0.2) is 18.3 Å². The number of morpholine rings is 1. The number of hydrogen-bond acceptors (Lipinski definition) is 5. The van der Waals surface area contributed by atoms with Crippen molar-refractivity contribution in [2.75, 3.05) is 26.3 Å². The highest BCUT2D eigenvalue weighted by Crippen LogP contribution is 2.21. The van der Waals surface area contributed by atoms with Crippen molar-refractivity contribution in [2.45, 2.75) is 39.8 Å². The summed E-state index contributed by atoms with van der Waals surface area (Å²) in [5.74, 6) is 0.356. The molecule has 0 saturated carbocycles. The minimum Gasteiger partial charge on any atom is -0.459 e. The molecule has 1 aliphatic rings. The van der Waals surface area contributed by atoms with Crippen molar-refractivity contribution < 1.29 is 14.3 Å². The third kappa shape index (κ3) is 3.68. The molecule has 0 unspecified atom stereocenters. The van der Waals surface area contributed by atoms with Crippen LogP contribution in [0.3, 0.4) is 0 Å². The number of carbonyl (C=O) groups excluding carboxylic acids is 1. The normalized spacial score (nSPS) is 18.5. The predicted molar refractivity (Wildman–Crippen MR) is 98.7 cm³/mol. The molecule has 26 heavy (non-hydrogen) atoms. The molecule has 1 saturated heterocycles. The molecule has 1 atom stereocenters. The fourth-order valence-electron chi connectivity index (χ4n) is 3.40. The quantitative estimate of drug-likeness (QED) is 0.764. The molecule has 1 fully saturated rings. The maximum atomic E-state index is 12.7. The number of ether oxygens (including phenoxy) is 2. The van der Waals surface area contributed by atoms with Crippen LogP contribution < -0.4 is 0 Å². The zero-order valence-corrected chi connectivity index (χ0v) is 16.2. The summed E-state index contributed by atoms with van der Waals surface area (Å²) in [6.07, 6.45) is 1.48. The van der Waals surface area contributed by atoms with Crippen LogP contribution in [-0.4, -0.2) is 63.7 Å². The lowest BCUT2D eigenvalue weighted by Crippen LogP contribution is -2.47. The van der Waals surface area contributed by atoms with Gasteiger partial charge in [0.15, 0.2) is 0 Å². The van der Waals surface area contributed by atoms with Gasteiger partial charge in [0, 0.05) is 37.6 Å². The van der Waals surface area contributed by atoms with Gasteiger partial charge in [0.2, 0.25) is 0 Å². The van der Waals surface area contributed by atoms with Gasteiger partial charge in [0.1, 0.15) is 24.1 Å². The van der Waals surface area contributed by atoms with E-state index >= 15 is 0 Å². The Balaban J connectivity index is 1.72. The molecule has 142 valence electrons. The zero-order valence-electron chi connectivity index (χ0n) is 16.2. The van der Waals surface area contributed by atoms with Gasteiger partial charge < -0.3 is 14.0 Å². The fraction of sp³-hybridized carbons (Fsp3) is 0.579. The van der Waals surface area contributed by atoms with E-state index in [9.17, 15) is 4.79 Å². The van der Waals surface area contributed by atoms with Gasteiger partial charge in [-0.2, -0.15) is 5.10 Å². The van der Waals surface area contributed by atoms with Crippen LogP contribution in [0, 0.1) is 13.8 Å². The van der Waals surface area contributed by atoms with E-state index in [1.54, 1.807) is 10.9 Å². The predicted octanol–water partition coefficient (Wildman–Crippen LogP) is 2.09. The van der Waals surface area contributed by atoms with Crippen LogP contribution in [0.4, 0.5) is 0 Å². The molecule has 0 amide bonds. The summed E-state index contributed by atoms with van der Waals surface area (Å²) in [7, 11) is 1.83. The smallest absolute Gasteiger partial charge is 0.343 e. The number of aryl methyl sites for hydroxylation is 3. The Hall–Kier alpha value is -2.12. The minimum absolute atomic E-state index is 0.0923. The number of nitrogens with zero attached hydrogens (tertiary/aromatic N) is 4. The molecule has 7 nitrogen and oxygen atoms in total. The monoisotopic (exact) mass is 360 g/mol. The largest absolute Gasteiger partial charge is 0.459 e. The van der Waals surface area contributed by atoms with Crippen molar-refractivity contribution in [3.8, 4) is 5.82 Å². The summed E-state index contributed by atoms with van der Waals surface area (Å²) >= 11 is 0. The molecule has 0 radical (unpaired) electrons. The molecule has 2 aromatic rings. The standard InChI is InChI=1S/C19H28N4O3/c1-13(2)22-8-9-25-16(11-22)12-26-19(24)17-10-20-21(5)18(17)23-14(3)6-7-15(23)4/h6-7,10,13,16H,8-9,11-12H2,1-5H3/t16-/m0/s1. The van der Waals surface area contributed by atoms with Gasteiger partial charge in [-0.05, 0) is 39.8 Å². The average Bonchev–Trinajstić information content (AvgIpc) is 3.15. The molecule has 0 aromatic carbocycles. The van der Waals surface area contributed by atoms with Gasteiger partial charge in [-0.1, -0.05) is 0 Å². The highest BCUT2D eigenvalue weighted by Gasteiger charge is 2.26. The van der Waals surface area contributed by atoms with E-state index in [0.717, 1.165) is 30.3 Å².